The van der Waals surface area contributed by atoms with Gasteiger partial charge in [-0.1, -0.05) is 0 Å². The molecule has 1 atom stereocenters. The van der Waals surface area contributed by atoms with E-state index < -0.39 is 9.84 Å². The van der Waals surface area contributed by atoms with E-state index in [9.17, 15) is 18.0 Å². The van der Waals surface area contributed by atoms with Gasteiger partial charge < -0.3 is 15.0 Å². The van der Waals surface area contributed by atoms with Crippen LogP contribution in [0.25, 0.3) is 0 Å². The molecule has 7 nitrogen and oxygen atoms in total. The molecule has 0 saturated carbocycles. The molecule has 1 heterocycles. The first-order valence-electron chi connectivity index (χ1n) is 7.78. The molecule has 1 aromatic carbocycles. The van der Waals surface area contributed by atoms with Crippen LogP contribution in [-0.2, 0) is 24.2 Å². The van der Waals surface area contributed by atoms with Crippen LogP contribution in [0.4, 0.5) is 5.69 Å². The van der Waals surface area contributed by atoms with Crippen molar-refractivity contribution in [1.29, 1.82) is 0 Å². The number of nitrogens with zero attached hydrogens (tertiary/aromatic N) is 1. The van der Waals surface area contributed by atoms with Crippen LogP contribution in [-0.4, -0.2) is 56.7 Å². The Morgan fingerprint density at radius 2 is 1.96 bits per heavy atom. The summed E-state index contributed by atoms with van der Waals surface area (Å²) in [5.41, 5.74) is 0.528. The molecule has 1 unspecified atom stereocenters. The molecule has 1 fully saturated rings. The third kappa shape index (κ3) is 5.04. The van der Waals surface area contributed by atoms with Gasteiger partial charge in [-0.25, -0.2) is 8.42 Å². The van der Waals surface area contributed by atoms with Crippen molar-refractivity contribution >= 4 is 27.3 Å². The van der Waals surface area contributed by atoms with Crippen molar-refractivity contribution in [1.82, 2.24) is 4.90 Å². The van der Waals surface area contributed by atoms with Crippen molar-refractivity contribution in [3.8, 4) is 0 Å². The molecule has 0 aliphatic carbocycles. The largest absolute Gasteiger partial charge is 0.375 e. The summed E-state index contributed by atoms with van der Waals surface area (Å²) >= 11 is 0. The number of hydrogen-bond donors (Lipinski definition) is 1. The van der Waals surface area contributed by atoms with Crippen molar-refractivity contribution in [2.75, 3.05) is 30.8 Å². The monoisotopic (exact) mass is 354 g/mol. The molecular formula is C16H22N2O5S. The molecule has 1 N–H and O–H groups in total. The Bertz CT molecular complexity index is 700. The molecule has 2 amide bonds. The zero-order valence-electron chi connectivity index (χ0n) is 13.8. The standard InChI is InChI=1S/C16H22N2O5S/c1-12-11-18(8-9-23-12)16(20)7-10-24(21,22)15-5-3-14(4-6-15)17-13(2)19/h3-6,12H,7-11H2,1-2H3,(H,17,19). The number of nitrogens with one attached hydrogen (secondary N) is 1. The second-order valence-corrected chi connectivity index (χ2v) is 7.90. The van der Waals surface area contributed by atoms with Crippen LogP contribution in [0, 0.1) is 0 Å². The number of morpholine rings is 1. The summed E-state index contributed by atoms with van der Waals surface area (Å²) in [4.78, 5) is 24.9. The van der Waals surface area contributed by atoms with Crippen molar-refractivity contribution in [2.24, 2.45) is 0 Å². The van der Waals surface area contributed by atoms with Crippen molar-refractivity contribution in [2.45, 2.75) is 31.3 Å². The van der Waals surface area contributed by atoms with Gasteiger partial charge in [-0.3, -0.25) is 9.59 Å². The number of carbonyl (C=O) groups is 2. The summed E-state index contributed by atoms with van der Waals surface area (Å²) in [5.74, 6) is -0.642. The van der Waals surface area contributed by atoms with E-state index in [0.717, 1.165) is 0 Å². The highest BCUT2D eigenvalue weighted by Crippen LogP contribution is 2.17. The Morgan fingerprint density at radius 1 is 1.29 bits per heavy atom. The lowest BCUT2D eigenvalue weighted by molar-refractivity contribution is -0.137. The van der Waals surface area contributed by atoms with E-state index in [-0.39, 0.29) is 35.0 Å². The second kappa shape index (κ2) is 7.76. The molecule has 2 rings (SSSR count). The molecule has 0 spiro atoms. The molecule has 1 saturated heterocycles. The van der Waals surface area contributed by atoms with Crippen LogP contribution in [0.2, 0.25) is 0 Å². The van der Waals surface area contributed by atoms with E-state index in [0.29, 0.717) is 25.4 Å². The fraction of sp³-hybridized carbons (Fsp3) is 0.500. The van der Waals surface area contributed by atoms with E-state index >= 15 is 0 Å². The fourth-order valence-corrected chi connectivity index (χ4v) is 3.72. The number of rotatable bonds is 5. The minimum atomic E-state index is -3.54. The minimum Gasteiger partial charge on any atom is -0.375 e. The first kappa shape index (κ1) is 18.4. The summed E-state index contributed by atoms with van der Waals surface area (Å²) in [5, 5.41) is 2.57. The predicted octanol–water partition coefficient (Wildman–Crippen LogP) is 1.06. The van der Waals surface area contributed by atoms with Gasteiger partial charge in [0, 0.05) is 32.1 Å². The summed E-state index contributed by atoms with van der Waals surface area (Å²) in [6.45, 7) is 4.72. The van der Waals surface area contributed by atoms with Gasteiger partial charge in [-0.05, 0) is 31.2 Å². The van der Waals surface area contributed by atoms with Gasteiger partial charge in [-0.15, -0.1) is 0 Å². The summed E-state index contributed by atoms with van der Waals surface area (Å²) in [7, 11) is -3.54. The second-order valence-electron chi connectivity index (χ2n) is 5.80. The van der Waals surface area contributed by atoms with Gasteiger partial charge >= 0.3 is 0 Å². The maximum absolute atomic E-state index is 12.3. The summed E-state index contributed by atoms with van der Waals surface area (Å²) in [6.07, 6.45) is -0.0803. The lowest BCUT2D eigenvalue weighted by Gasteiger charge is -2.31. The SMILES string of the molecule is CC(=O)Nc1ccc(S(=O)(=O)CCC(=O)N2CCOC(C)C2)cc1. The molecule has 132 valence electrons. The molecule has 1 aliphatic rings. The zero-order chi connectivity index (χ0) is 17.7. The smallest absolute Gasteiger partial charge is 0.223 e. The number of anilines is 1. The van der Waals surface area contributed by atoms with Gasteiger partial charge in [0.1, 0.15) is 0 Å². The van der Waals surface area contributed by atoms with Gasteiger partial charge in [-0.2, -0.15) is 0 Å². The topological polar surface area (TPSA) is 92.8 Å². The van der Waals surface area contributed by atoms with Crippen LogP contribution in [0.15, 0.2) is 29.2 Å². The maximum atomic E-state index is 12.3. The van der Waals surface area contributed by atoms with Crippen LogP contribution >= 0.6 is 0 Å². The van der Waals surface area contributed by atoms with Crippen molar-refractivity contribution in [3.05, 3.63) is 24.3 Å². The molecule has 0 aromatic heterocycles. The molecule has 24 heavy (non-hydrogen) atoms. The van der Waals surface area contributed by atoms with E-state index in [4.69, 9.17) is 4.74 Å². The number of sulfone groups is 1. The number of amides is 2. The number of ether oxygens (including phenoxy) is 1. The average molecular weight is 354 g/mol. The Kier molecular flexibility index (Phi) is 5.95. The van der Waals surface area contributed by atoms with Gasteiger partial charge in [0.05, 0.1) is 23.4 Å². The Morgan fingerprint density at radius 3 is 2.54 bits per heavy atom. The van der Waals surface area contributed by atoms with Crippen molar-refractivity contribution < 1.29 is 22.7 Å². The van der Waals surface area contributed by atoms with E-state index in [1.165, 1.54) is 31.2 Å². The lowest BCUT2D eigenvalue weighted by Crippen LogP contribution is -2.44. The van der Waals surface area contributed by atoms with Crippen LogP contribution in [0.5, 0.6) is 0 Å². The highest BCUT2D eigenvalue weighted by Gasteiger charge is 2.23. The molecule has 8 heteroatoms. The van der Waals surface area contributed by atoms with E-state index in [1.807, 2.05) is 6.92 Å². The normalized spacial score (nSPS) is 18.2. The van der Waals surface area contributed by atoms with Crippen LogP contribution in [0.3, 0.4) is 0 Å². The van der Waals surface area contributed by atoms with Crippen LogP contribution < -0.4 is 5.32 Å². The highest BCUT2D eigenvalue weighted by atomic mass is 32.2. The van der Waals surface area contributed by atoms with Gasteiger partial charge in [0.25, 0.3) is 0 Å². The minimum absolute atomic E-state index is 0.0272. The van der Waals surface area contributed by atoms with Gasteiger partial charge in [0.15, 0.2) is 9.84 Å². The number of carbonyl (C=O) groups excluding carboxylic acids is 2. The summed E-state index contributed by atoms with van der Waals surface area (Å²) in [6, 6.07) is 5.92. The van der Waals surface area contributed by atoms with Crippen LogP contribution in [0.1, 0.15) is 20.3 Å². The highest BCUT2D eigenvalue weighted by molar-refractivity contribution is 7.91. The quantitative estimate of drug-likeness (QED) is 0.853. The molecule has 0 radical (unpaired) electrons. The molecule has 0 bridgehead atoms. The van der Waals surface area contributed by atoms with Crippen molar-refractivity contribution in [3.63, 3.8) is 0 Å². The fourth-order valence-electron chi connectivity index (χ4n) is 2.49. The molecular weight excluding hydrogens is 332 g/mol. The Balaban J connectivity index is 1.95. The van der Waals surface area contributed by atoms with E-state index in [2.05, 4.69) is 5.32 Å². The third-order valence-electron chi connectivity index (χ3n) is 3.71. The Hall–Kier alpha value is -1.93. The molecule has 1 aliphatic heterocycles. The van der Waals surface area contributed by atoms with Gasteiger partial charge in [0.2, 0.25) is 11.8 Å². The molecule has 1 aromatic rings. The maximum Gasteiger partial charge on any atom is 0.223 e. The lowest BCUT2D eigenvalue weighted by atomic mass is 10.3. The average Bonchev–Trinajstić information content (AvgIpc) is 2.52. The Labute approximate surface area is 141 Å². The first-order valence-corrected chi connectivity index (χ1v) is 9.43. The first-order chi connectivity index (χ1) is 11.3. The van der Waals surface area contributed by atoms with E-state index in [1.54, 1.807) is 4.90 Å². The zero-order valence-corrected chi connectivity index (χ0v) is 14.6. The predicted molar refractivity (Wildman–Crippen MR) is 89.4 cm³/mol. The number of hydrogen-bond acceptors (Lipinski definition) is 5. The number of benzene rings is 1. The summed E-state index contributed by atoms with van der Waals surface area (Å²) < 4.78 is 30.0. The third-order valence-corrected chi connectivity index (χ3v) is 5.44.